The van der Waals surface area contributed by atoms with Crippen LogP contribution in [0.4, 0.5) is 0 Å². The number of aliphatic carboxylic acids is 1. The van der Waals surface area contributed by atoms with Crippen molar-refractivity contribution >= 4 is 17.7 Å². The zero-order valence-corrected chi connectivity index (χ0v) is 13.9. The molecule has 0 spiro atoms. The largest absolute Gasteiger partial charge is 0.480 e. The number of hydrogen-bond acceptors (Lipinski definition) is 3. The van der Waals surface area contributed by atoms with Gasteiger partial charge in [-0.3, -0.25) is 4.79 Å². The van der Waals surface area contributed by atoms with E-state index in [0.29, 0.717) is 12.8 Å². The third kappa shape index (κ3) is 6.10. The van der Waals surface area contributed by atoms with Gasteiger partial charge in [-0.05, 0) is 43.5 Å². The summed E-state index contributed by atoms with van der Waals surface area (Å²) in [5, 5.41) is 12.7. The van der Waals surface area contributed by atoms with Gasteiger partial charge in [-0.1, -0.05) is 44.2 Å². The van der Waals surface area contributed by atoms with Crippen LogP contribution in [0.1, 0.15) is 45.1 Å². The van der Waals surface area contributed by atoms with Crippen LogP contribution in [0, 0.1) is 0 Å². The fourth-order valence-electron chi connectivity index (χ4n) is 2.33. The molecule has 3 nitrogen and oxygen atoms in total. The normalized spacial score (nSPS) is 13.8. The van der Waals surface area contributed by atoms with Crippen LogP contribution in [0.5, 0.6) is 0 Å². The van der Waals surface area contributed by atoms with Gasteiger partial charge in [-0.2, -0.15) is 11.8 Å². The van der Waals surface area contributed by atoms with Crippen LogP contribution in [0.25, 0.3) is 0 Å². The maximum atomic E-state index is 11.6. The minimum atomic E-state index is -0.747. The lowest BCUT2D eigenvalue weighted by Gasteiger charge is -2.29. The van der Waals surface area contributed by atoms with Gasteiger partial charge in [0.15, 0.2) is 0 Å². The molecule has 4 heteroatoms. The van der Waals surface area contributed by atoms with E-state index in [4.69, 9.17) is 0 Å². The van der Waals surface area contributed by atoms with Crippen molar-refractivity contribution in [2.24, 2.45) is 0 Å². The summed E-state index contributed by atoms with van der Waals surface area (Å²) in [6.07, 6.45) is 3.21. The van der Waals surface area contributed by atoms with Gasteiger partial charge in [0.25, 0.3) is 0 Å². The molecule has 0 aliphatic rings. The first-order chi connectivity index (χ1) is 10.1. The second-order valence-corrected chi connectivity index (χ2v) is 6.41. The molecule has 1 aromatic carbocycles. The molecule has 1 aromatic rings. The predicted octanol–water partition coefficient (Wildman–Crippen LogP) is 3.93. The Hall–Kier alpha value is -1.00. The summed E-state index contributed by atoms with van der Waals surface area (Å²) >= 11 is 1.87. The first-order valence-electron chi connectivity index (χ1n) is 7.74. The Morgan fingerprint density at radius 3 is 2.57 bits per heavy atom. The highest BCUT2D eigenvalue weighted by atomic mass is 32.2. The molecular formula is C17H27NO2S. The third-order valence-corrected chi connectivity index (χ3v) is 4.84. The fourth-order valence-corrected chi connectivity index (χ4v) is 3.25. The quantitative estimate of drug-likeness (QED) is 0.608. The highest BCUT2D eigenvalue weighted by molar-refractivity contribution is 7.98. The summed E-state index contributed by atoms with van der Waals surface area (Å²) in [5.41, 5.74) is 0.579. The minimum absolute atomic E-state index is 0.631. The van der Waals surface area contributed by atoms with E-state index < -0.39 is 11.5 Å². The van der Waals surface area contributed by atoms with Crippen molar-refractivity contribution in [1.29, 1.82) is 0 Å². The van der Waals surface area contributed by atoms with Crippen molar-refractivity contribution in [1.82, 2.24) is 5.32 Å². The molecule has 21 heavy (non-hydrogen) atoms. The number of carbonyl (C=O) groups is 1. The van der Waals surface area contributed by atoms with Crippen LogP contribution in [-0.2, 0) is 10.5 Å². The van der Waals surface area contributed by atoms with Crippen molar-refractivity contribution in [3.05, 3.63) is 35.9 Å². The van der Waals surface area contributed by atoms with Gasteiger partial charge in [0.1, 0.15) is 5.54 Å². The van der Waals surface area contributed by atoms with Crippen LogP contribution in [0.15, 0.2) is 30.3 Å². The summed E-state index contributed by atoms with van der Waals surface area (Å²) in [5.74, 6) is 1.28. The Morgan fingerprint density at radius 2 is 2.00 bits per heavy atom. The molecule has 1 rings (SSSR count). The van der Waals surface area contributed by atoms with Gasteiger partial charge < -0.3 is 10.4 Å². The molecule has 0 radical (unpaired) electrons. The van der Waals surface area contributed by atoms with Gasteiger partial charge in [0.2, 0.25) is 0 Å². The zero-order valence-electron chi connectivity index (χ0n) is 13.1. The molecule has 1 atom stereocenters. The molecule has 0 aromatic heterocycles. The number of hydrogen-bond donors (Lipinski definition) is 2. The van der Waals surface area contributed by atoms with Gasteiger partial charge in [0.05, 0.1) is 0 Å². The van der Waals surface area contributed by atoms with E-state index in [9.17, 15) is 9.90 Å². The lowest BCUT2D eigenvalue weighted by molar-refractivity contribution is -0.145. The van der Waals surface area contributed by atoms with Crippen LogP contribution in [0.2, 0.25) is 0 Å². The standard InChI is InChI=1S/C17H27NO2S/c1-3-12-18-17(4-2,16(19)20)11-8-13-21-14-15-9-6-5-7-10-15/h5-7,9-10,18H,3-4,8,11-14H2,1-2H3,(H,19,20). The molecule has 0 heterocycles. The maximum absolute atomic E-state index is 11.6. The smallest absolute Gasteiger partial charge is 0.323 e. The SMILES string of the molecule is CCCNC(CC)(CCCSCc1ccccc1)C(=O)O. The van der Waals surface area contributed by atoms with E-state index in [0.717, 1.165) is 30.9 Å². The Balaban J connectivity index is 2.34. The second kappa shape index (κ2) is 9.85. The molecule has 0 fully saturated rings. The lowest BCUT2D eigenvalue weighted by Crippen LogP contribution is -2.52. The summed E-state index contributed by atoms with van der Waals surface area (Å²) in [6, 6.07) is 10.4. The van der Waals surface area contributed by atoms with Gasteiger partial charge in [-0.15, -0.1) is 0 Å². The highest BCUT2D eigenvalue weighted by Gasteiger charge is 2.35. The number of carboxylic acid groups (broad SMARTS) is 1. The molecule has 0 bridgehead atoms. The number of thioether (sulfide) groups is 1. The van der Waals surface area contributed by atoms with E-state index in [1.54, 1.807) is 0 Å². The average Bonchev–Trinajstić information content (AvgIpc) is 2.51. The molecule has 118 valence electrons. The topological polar surface area (TPSA) is 49.3 Å². The monoisotopic (exact) mass is 309 g/mol. The number of carboxylic acids is 1. The number of rotatable bonds is 11. The van der Waals surface area contributed by atoms with E-state index in [-0.39, 0.29) is 0 Å². The molecule has 1 unspecified atom stereocenters. The number of nitrogens with one attached hydrogen (secondary N) is 1. The van der Waals surface area contributed by atoms with Crippen molar-refractivity contribution in [2.75, 3.05) is 12.3 Å². The van der Waals surface area contributed by atoms with Crippen molar-refractivity contribution in [2.45, 2.75) is 50.8 Å². The molecule has 0 saturated carbocycles. The lowest BCUT2D eigenvalue weighted by atomic mass is 9.90. The van der Waals surface area contributed by atoms with Crippen molar-refractivity contribution in [3.8, 4) is 0 Å². The summed E-state index contributed by atoms with van der Waals surface area (Å²) in [7, 11) is 0. The molecule has 0 saturated heterocycles. The molecular weight excluding hydrogens is 282 g/mol. The average molecular weight is 309 g/mol. The Labute approximate surface area is 132 Å². The van der Waals surface area contributed by atoms with E-state index in [1.807, 2.05) is 24.8 Å². The van der Waals surface area contributed by atoms with Gasteiger partial charge in [0, 0.05) is 5.75 Å². The Bertz CT molecular complexity index is 411. The third-order valence-electron chi connectivity index (χ3n) is 3.73. The highest BCUT2D eigenvalue weighted by Crippen LogP contribution is 2.21. The van der Waals surface area contributed by atoms with Crippen LogP contribution < -0.4 is 5.32 Å². The molecule has 0 aliphatic heterocycles. The van der Waals surface area contributed by atoms with Crippen molar-refractivity contribution < 1.29 is 9.90 Å². The first-order valence-corrected chi connectivity index (χ1v) is 8.90. The molecule has 0 amide bonds. The van der Waals surface area contributed by atoms with Crippen LogP contribution in [-0.4, -0.2) is 28.9 Å². The molecule has 0 aliphatic carbocycles. The van der Waals surface area contributed by atoms with Gasteiger partial charge in [-0.25, -0.2) is 0 Å². The van der Waals surface area contributed by atoms with Crippen LogP contribution in [0.3, 0.4) is 0 Å². The fraction of sp³-hybridized carbons (Fsp3) is 0.588. The number of benzene rings is 1. The Morgan fingerprint density at radius 1 is 1.29 bits per heavy atom. The van der Waals surface area contributed by atoms with Crippen LogP contribution >= 0.6 is 11.8 Å². The first kappa shape index (κ1) is 18.1. The summed E-state index contributed by atoms with van der Waals surface area (Å²) < 4.78 is 0. The minimum Gasteiger partial charge on any atom is -0.480 e. The van der Waals surface area contributed by atoms with Crippen molar-refractivity contribution in [3.63, 3.8) is 0 Å². The maximum Gasteiger partial charge on any atom is 0.323 e. The summed E-state index contributed by atoms with van der Waals surface area (Å²) in [6.45, 7) is 4.77. The second-order valence-electron chi connectivity index (χ2n) is 5.31. The Kier molecular flexibility index (Phi) is 8.47. The van der Waals surface area contributed by atoms with Gasteiger partial charge >= 0.3 is 5.97 Å². The predicted molar refractivity (Wildman–Crippen MR) is 90.8 cm³/mol. The van der Waals surface area contributed by atoms with E-state index in [1.165, 1.54) is 5.56 Å². The molecule has 2 N–H and O–H groups in total. The van der Waals surface area contributed by atoms with E-state index >= 15 is 0 Å². The van der Waals surface area contributed by atoms with E-state index in [2.05, 4.69) is 36.5 Å². The summed E-state index contributed by atoms with van der Waals surface area (Å²) in [4.78, 5) is 11.6. The zero-order chi connectivity index (χ0) is 15.6.